The van der Waals surface area contributed by atoms with Gasteiger partial charge in [-0.15, -0.1) is 0 Å². The lowest BCUT2D eigenvalue weighted by Crippen LogP contribution is -2.08. The number of aromatic nitrogens is 2. The molecule has 2 aromatic rings. The fourth-order valence-corrected chi connectivity index (χ4v) is 2.67. The zero-order chi connectivity index (χ0) is 14.2. The van der Waals surface area contributed by atoms with Gasteiger partial charge in [0.25, 0.3) is 0 Å². The van der Waals surface area contributed by atoms with E-state index in [2.05, 4.69) is 37.0 Å². The van der Waals surface area contributed by atoms with E-state index in [1.807, 2.05) is 39.1 Å². The maximum absolute atomic E-state index is 12.3. The molecule has 5 heteroatoms. The van der Waals surface area contributed by atoms with Crippen LogP contribution in [0.5, 0.6) is 0 Å². The maximum atomic E-state index is 12.3. The molecule has 0 N–H and O–H groups in total. The van der Waals surface area contributed by atoms with E-state index < -0.39 is 0 Å². The molecule has 19 heavy (non-hydrogen) atoms. The summed E-state index contributed by atoms with van der Waals surface area (Å²) in [7, 11) is 1.85. The van der Waals surface area contributed by atoms with Crippen molar-refractivity contribution in [3.8, 4) is 0 Å². The van der Waals surface area contributed by atoms with Crippen LogP contribution in [0.4, 0.5) is 0 Å². The number of ketones is 1. The highest BCUT2D eigenvalue weighted by atomic mass is 79.9. The van der Waals surface area contributed by atoms with Crippen LogP contribution in [0, 0.1) is 13.8 Å². The average molecular weight is 386 g/mol. The van der Waals surface area contributed by atoms with Crippen molar-refractivity contribution in [3.63, 3.8) is 0 Å². The fraction of sp³-hybridized carbons (Fsp3) is 0.286. The standard InChI is InChI=1S/C14H14Br2N2O/c1-8-6-10(4-5-11(8)15)13(19)7-12-14(16)9(2)17-18(12)3/h4-6H,7H2,1-3H3. The zero-order valence-electron chi connectivity index (χ0n) is 11.0. The van der Waals surface area contributed by atoms with Crippen molar-refractivity contribution in [1.29, 1.82) is 0 Å². The van der Waals surface area contributed by atoms with Crippen molar-refractivity contribution in [2.75, 3.05) is 0 Å². The van der Waals surface area contributed by atoms with Crippen LogP contribution in [0.25, 0.3) is 0 Å². The molecule has 0 radical (unpaired) electrons. The molecule has 0 bridgehead atoms. The van der Waals surface area contributed by atoms with Crippen LogP contribution in [-0.2, 0) is 13.5 Å². The van der Waals surface area contributed by atoms with Crippen molar-refractivity contribution in [3.05, 3.63) is 49.7 Å². The number of aryl methyl sites for hydroxylation is 3. The molecule has 0 atom stereocenters. The minimum absolute atomic E-state index is 0.0966. The number of nitrogens with zero attached hydrogens (tertiary/aromatic N) is 2. The molecule has 0 aliphatic heterocycles. The highest BCUT2D eigenvalue weighted by Crippen LogP contribution is 2.23. The Labute approximate surface area is 129 Å². The van der Waals surface area contributed by atoms with Crippen LogP contribution in [0.1, 0.15) is 27.3 Å². The van der Waals surface area contributed by atoms with Crippen LogP contribution in [0.2, 0.25) is 0 Å². The SMILES string of the molecule is Cc1cc(C(=O)Cc2c(Br)c(C)nn2C)ccc1Br. The predicted molar refractivity (Wildman–Crippen MR) is 82.6 cm³/mol. The number of benzene rings is 1. The van der Waals surface area contributed by atoms with Crippen molar-refractivity contribution >= 4 is 37.6 Å². The molecule has 2 rings (SSSR count). The summed E-state index contributed by atoms with van der Waals surface area (Å²) >= 11 is 6.92. The van der Waals surface area contributed by atoms with Gasteiger partial charge >= 0.3 is 0 Å². The Kier molecular flexibility index (Phi) is 4.26. The van der Waals surface area contributed by atoms with E-state index in [0.717, 1.165) is 31.5 Å². The fourth-order valence-electron chi connectivity index (χ4n) is 1.94. The van der Waals surface area contributed by atoms with Gasteiger partial charge in [-0.1, -0.05) is 22.0 Å². The van der Waals surface area contributed by atoms with Crippen LogP contribution < -0.4 is 0 Å². The molecule has 0 fully saturated rings. The third kappa shape index (κ3) is 2.98. The highest BCUT2D eigenvalue weighted by Gasteiger charge is 2.16. The Morgan fingerprint density at radius 3 is 2.53 bits per heavy atom. The average Bonchev–Trinajstić information content (AvgIpc) is 2.59. The summed E-state index contributed by atoms with van der Waals surface area (Å²) in [5.74, 6) is 0.0966. The summed E-state index contributed by atoms with van der Waals surface area (Å²) in [6, 6.07) is 5.66. The molecule has 0 amide bonds. The van der Waals surface area contributed by atoms with E-state index in [1.165, 1.54) is 0 Å². The number of hydrogen-bond donors (Lipinski definition) is 0. The second-order valence-corrected chi connectivity index (χ2v) is 6.18. The topological polar surface area (TPSA) is 34.9 Å². The largest absolute Gasteiger partial charge is 0.294 e. The van der Waals surface area contributed by atoms with Crippen molar-refractivity contribution < 1.29 is 4.79 Å². The molecule has 0 saturated carbocycles. The molecule has 1 aromatic heterocycles. The third-order valence-electron chi connectivity index (χ3n) is 3.07. The Balaban J connectivity index is 2.28. The zero-order valence-corrected chi connectivity index (χ0v) is 14.2. The first kappa shape index (κ1) is 14.5. The molecule has 1 heterocycles. The first-order valence-electron chi connectivity index (χ1n) is 5.87. The van der Waals surface area contributed by atoms with Crippen LogP contribution in [0.3, 0.4) is 0 Å². The van der Waals surface area contributed by atoms with E-state index in [4.69, 9.17) is 0 Å². The van der Waals surface area contributed by atoms with Crippen molar-refractivity contribution in [2.24, 2.45) is 7.05 Å². The summed E-state index contributed by atoms with van der Waals surface area (Å²) in [5, 5.41) is 4.30. The van der Waals surface area contributed by atoms with Gasteiger partial charge in [-0.05, 0) is 47.5 Å². The molecule has 0 aliphatic carbocycles. The third-order valence-corrected chi connectivity index (χ3v) is 4.99. The molecule has 0 spiro atoms. The van der Waals surface area contributed by atoms with Gasteiger partial charge in [-0.3, -0.25) is 9.48 Å². The Morgan fingerprint density at radius 2 is 2.00 bits per heavy atom. The number of carbonyl (C=O) groups is 1. The van der Waals surface area contributed by atoms with Crippen LogP contribution >= 0.6 is 31.9 Å². The smallest absolute Gasteiger partial charge is 0.168 e. The molecule has 1 aromatic carbocycles. The lowest BCUT2D eigenvalue weighted by molar-refractivity contribution is 0.0990. The maximum Gasteiger partial charge on any atom is 0.168 e. The minimum Gasteiger partial charge on any atom is -0.294 e. The lowest BCUT2D eigenvalue weighted by Gasteiger charge is -2.05. The van der Waals surface area contributed by atoms with E-state index in [-0.39, 0.29) is 5.78 Å². The van der Waals surface area contributed by atoms with Crippen molar-refractivity contribution in [2.45, 2.75) is 20.3 Å². The van der Waals surface area contributed by atoms with Gasteiger partial charge in [0, 0.05) is 17.1 Å². The van der Waals surface area contributed by atoms with E-state index in [9.17, 15) is 4.79 Å². The molecule has 100 valence electrons. The Morgan fingerprint density at radius 1 is 1.32 bits per heavy atom. The molecular formula is C14H14Br2N2O. The van der Waals surface area contributed by atoms with Gasteiger partial charge < -0.3 is 0 Å². The second-order valence-electron chi connectivity index (χ2n) is 4.53. The summed E-state index contributed by atoms with van der Waals surface area (Å²) in [6.45, 7) is 3.90. The van der Waals surface area contributed by atoms with Crippen LogP contribution in [0.15, 0.2) is 27.1 Å². The number of halogens is 2. The van der Waals surface area contributed by atoms with E-state index in [0.29, 0.717) is 6.42 Å². The van der Waals surface area contributed by atoms with Gasteiger partial charge in [-0.25, -0.2) is 0 Å². The predicted octanol–water partition coefficient (Wildman–Crippen LogP) is 3.99. The quantitative estimate of drug-likeness (QED) is 0.748. The highest BCUT2D eigenvalue weighted by molar-refractivity contribution is 9.10. The van der Waals surface area contributed by atoms with E-state index in [1.54, 1.807) is 4.68 Å². The lowest BCUT2D eigenvalue weighted by atomic mass is 10.0. The van der Waals surface area contributed by atoms with E-state index >= 15 is 0 Å². The van der Waals surface area contributed by atoms with Gasteiger partial charge in [0.15, 0.2) is 5.78 Å². The number of Topliss-reactive ketones (excluding diaryl/α,β-unsaturated/α-hetero) is 1. The van der Waals surface area contributed by atoms with Gasteiger partial charge in [-0.2, -0.15) is 5.10 Å². The number of hydrogen-bond acceptors (Lipinski definition) is 2. The second kappa shape index (κ2) is 5.59. The number of rotatable bonds is 3. The monoisotopic (exact) mass is 384 g/mol. The normalized spacial score (nSPS) is 10.8. The summed E-state index contributed by atoms with van der Waals surface area (Å²) in [6.07, 6.45) is 0.346. The van der Waals surface area contributed by atoms with Gasteiger partial charge in [0.05, 0.1) is 22.3 Å². The summed E-state index contributed by atoms with van der Waals surface area (Å²) in [5.41, 5.74) is 3.60. The van der Waals surface area contributed by atoms with Crippen molar-refractivity contribution in [1.82, 2.24) is 9.78 Å². The van der Waals surface area contributed by atoms with Gasteiger partial charge in [0.2, 0.25) is 0 Å². The first-order valence-corrected chi connectivity index (χ1v) is 7.46. The number of carbonyl (C=O) groups excluding carboxylic acids is 1. The molecule has 0 aliphatic rings. The van der Waals surface area contributed by atoms with Crippen LogP contribution in [-0.4, -0.2) is 15.6 Å². The summed E-state index contributed by atoms with van der Waals surface area (Å²) in [4.78, 5) is 12.3. The minimum atomic E-state index is 0.0966. The molecule has 0 saturated heterocycles. The Bertz CT molecular complexity index is 647. The first-order chi connectivity index (χ1) is 8.90. The Hall–Kier alpha value is -0.940. The molecular weight excluding hydrogens is 372 g/mol. The molecule has 0 unspecified atom stereocenters. The molecule has 3 nitrogen and oxygen atoms in total. The summed E-state index contributed by atoms with van der Waals surface area (Å²) < 4.78 is 3.68. The van der Waals surface area contributed by atoms with Gasteiger partial charge in [0.1, 0.15) is 0 Å².